The average Bonchev–Trinajstić information content (AvgIpc) is 3.09. The van der Waals surface area contributed by atoms with Crippen LogP contribution in [0.1, 0.15) is 32.3 Å². The summed E-state index contributed by atoms with van der Waals surface area (Å²) in [5, 5.41) is 2.89. The van der Waals surface area contributed by atoms with Crippen LogP contribution >= 0.6 is 0 Å². The molecule has 3 rings (SSSR count). The van der Waals surface area contributed by atoms with Gasteiger partial charge in [-0.15, -0.1) is 0 Å². The summed E-state index contributed by atoms with van der Waals surface area (Å²) in [6, 6.07) is 9.72. The summed E-state index contributed by atoms with van der Waals surface area (Å²) in [6.45, 7) is 4.90. The molecule has 0 bridgehead atoms. The first-order valence-electron chi connectivity index (χ1n) is 7.61. The van der Waals surface area contributed by atoms with Gasteiger partial charge in [0.25, 0.3) is 0 Å². The number of carbonyl (C=O) groups excluding carboxylic acids is 2. The van der Waals surface area contributed by atoms with E-state index in [4.69, 9.17) is 0 Å². The molecule has 1 aromatic rings. The summed E-state index contributed by atoms with van der Waals surface area (Å²) in [7, 11) is 0. The minimum Gasteiger partial charge on any atom is -0.344 e. The summed E-state index contributed by atoms with van der Waals surface area (Å²) in [5.74, 6) is 0.0468. The Kier molecular flexibility index (Phi) is 3.47. The Labute approximate surface area is 125 Å². The fourth-order valence-electron chi connectivity index (χ4n) is 3.13. The van der Waals surface area contributed by atoms with Gasteiger partial charge in [0.1, 0.15) is 6.04 Å². The van der Waals surface area contributed by atoms with Gasteiger partial charge < -0.3 is 10.2 Å². The first kappa shape index (κ1) is 14.1. The van der Waals surface area contributed by atoms with Gasteiger partial charge in [-0.05, 0) is 17.4 Å². The lowest BCUT2D eigenvalue weighted by Crippen LogP contribution is -2.47. The van der Waals surface area contributed by atoms with E-state index in [1.807, 2.05) is 35.2 Å². The van der Waals surface area contributed by atoms with E-state index in [0.29, 0.717) is 19.4 Å². The molecule has 2 atom stereocenters. The van der Waals surface area contributed by atoms with Gasteiger partial charge in [-0.2, -0.15) is 0 Å². The smallest absolute Gasteiger partial charge is 0.245 e. The van der Waals surface area contributed by atoms with E-state index in [1.54, 1.807) is 0 Å². The minimum absolute atomic E-state index is 0.0229. The Balaban J connectivity index is 1.78. The Hall–Kier alpha value is -1.84. The van der Waals surface area contributed by atoms with Crippen molar-refractivity contribution in [3.8, 4) is 0 Å². The maximum Gasteiger partial charge on any atom is 0.245 e. The van der Waals surface area contributed by atoms with Crippen LogP contribution < -0.4 is 5.32 Å². The number of amides is 2. The number of nitrogens with zero attached hydrogens (tertiary/aromatic N) is 1. The van der Waals surface area contributed by atoms with Gasteiger partial charge >= 0.3 is 0 Å². The highest BCUT2D eigenvalue weighted by Gasteiger charge is 2.52. The van der Waals surface area contributed by atoms with Gasteiger partial charge in [0, 0.05) is 25.4 Å². The van der Waals surface area contributed by atoms with Gasteiger partial charge in [-0.3, -0.25) is 9.59 Å². The second kappa shape index (κ2) is 5.17. The zero-order valence-electron chi connectivity index (χ0n) is 12.6. The molecule has 2 fully saturated rings. The Morgan fingerprint density at radius 3 is 2.52 bits per heavy atom. The van der Waals surface area contributed by atoms with Crippen molar-refractivity contribution in [3.63, 3.8) is 0 Å². The molecule has 1 aromatic carbocycles. The van der Waals surface area contributed by atoms with Crippen LogP contribution in [0, 0.1) is 5.41 Å². The predicted octanol–water partition coefficient (Wildman–Crippen LogP) is 1.74. The van der Waals surface area contributed by atoms with Crippen molar-refractivity contribution in [3.05, 3.63) is 35.9 Å². The van der Waals surface area contributed by atoms with E-state index in [-0.39, 0.29) is 23.3 Å². The molecule has 1 saturated carbocycles. The van der Waals surface area contributed by atoms with Gasteiger partial charge in [-0.1, -0.05) is 44.2 Å². The lowest BCUT2D eigenvalue weighted by atomic mass is 10.0. The predicted molar refractivity (Wildman–Crippen MR) is 80.6 cm³/mol. The molecule has 1 heterocycles. The molecule has 1 saturated heterocycles. The topological polar surface area (TPSA) is 49.4 Å². The van der Waals surface area contributed by atoms with E-state index in [1.165, 1.54) is 0 Å². The molecule has 1 aliphatic heterocycles. The molecule has 1 N–H and O–H groups in total. The molecule has 2 amide bonds. The molecule has 2 aliphatic rings. The van der Waals surface area contributed by atoms with Crippen LogP contribution in [0.5, 0.6) is 0 Å². The number of nitrogens with one attached hydrogen (secondary N) is 1. The molecule has 0 radical (unpaired) electrons. The van der Waals surface area contributed by atoms with Crippen molar-refractivity contribution in [2.75, 3.05) is 6.54 Å². The minimum atomic E-state index is -0.432. The Bertz CT molecular complexity index is 553. The first-order chi connectivity index (χ1) is 9.97. The normalized spacial score (nSPS) is 28.0. The van der Waals surface area contributed by atoms with Crippen molar-refractivity contribution in [2.45, 2.75) is 45.2 Å². The maximum absolute atomic E-state index is 12.8. The fraction of sp³-hybridized carbons (Fsp3) is 0.529. The highest BCUT2D eigenvalue weighted by Crippen LogP contribution is 2.48. The highest BCUT2D eigenvalue weighted by atomic mass is 16.2. The Morgan fingerprint density at radius 1 is 1.24 bits per heavy atom. The third kappa shape index (κ3) is 2.94. The summed E-state index contributed by atoms with van der Waals surface area (Å²) in [4.78, 5) is 26.6. The summed E-state index contributed by atoms with van der Waals surface area (Å²) in [5.41, 5.74) is 1.27. The van der Waals surface area contributed by atoms with Crippen LogP contribution in [0.2, 0.25) is 0 Å². The molecule has 21 heavy (non-hydrogen) atoms. The maximum atomic E-state index is 12.8. The monoisotopic (exact) mass is 286 g/mol. The van der Waals surface area contributed by atoms with Crippen LogP contribution in [-0.2, 0) is 16.0 Å². The molecule has 0 spiro atoms. The van der Waals surface area contributed by atoms with E-state index >= 15 is 0 Å². The number of carbonyl (C=O) groups is 2. The van der Waals surface area contributed by atoms with Crippen molar-refractivity contribution in [1.29, 1.82) is 0 Å². The number of benzene rings is 1. The number of hydrogen-bond donors (Lipinski definition) is 1. The van der Waals surface area contributed by atoms with Gasteiger partial charge in [0.2, 0.25) is 11.8 Å². The zero-order valence-corrected chi connectivity index (χ0v) is 12.6. The summed E-state index contributed by atoms with van der Waals surface area (Å²) >= 11 is 0. The van der Waals surface area contributed by atoms with Crippen LogP contribution in [0.3, 0.4) is 0 Å². The summed E-state index contributed by atoms with van der Waals surface area (Å²) in [6.07, 6.45) is 2.00. The van der Waals surface area contributed by atoms with Crippen LogP contribution in [0.25, 0.3) is 0 Å². The van der Waals surface area contributed by atoms with Crippen molar-refractivity contribution < 1.29 is 9.59 Å². The van der Waals surface area contributed by atoms with Crippen molar-refractivity contribution in [2.24, 2.45) is 5.41 Å². The summed E-state index contributed by atoms with van der Waals surface area (Å²) < 4.78 is 0. The first-order valence-corrected chi connectivity index (χ1v) is 7.61. The van der Waals surface area contributed by atoms with Gasteiger partial charge in [0.15, 0.2) is 0 Å². The quantitative estimate of drug-likeness (QED) is 0.920. The van der Waals surface area contributed by atoms with E-state index < -0.39 is 6.04 Å². The lowest BCUT2D eigenvalue weighted by Gasteiger charge is -2.25. The largest absolute Gasteiger partial charge is 0.344 e. The van der Waals surface area contributed by atoms with Gasteiger partial charge in [-0.25, -0.2) is 0 Å². The van der Waals surface area contributed by atoms with E-state index in [0.717, 1.165) is 12.0 Å². The van der Waals surface area contributed by atoms with Gasteiger partial charge in [0.05, 0.1) is 0 Å². The second-order valence-corrected chi connectivity index (χ2v) is 6.80. The molecular weight excluding hydrogens is 264 g/mol. The second-order valence-electron chi connectivity index (χ2n) is 6.80. The highest BCUT2D eigenvalue weighted by molar-refractivity contribution is 5.90. The number of rotatable bonds is 3. The lowest BCUT2D eigenvalue weighted by molar-refractivity contribution is -0.134. The molecule has 112 valence electrons. The third-order valence-electron chi connectivity index (χ3n) is 4.62. The van der Waals surface area contributed by atoms with E-state index in [9.17, 15) is 9.59 Å². The standard InChI is InChI=1S/C17H22N2O2/c1-17(2)11-14(17)19-9-8-15(20)18-13(16(19)21)10-12-6-4-3-5-7-12/h3-7,13-14H,8-11H2,1-2H3,(H,18,20). The third-order valence-corrected chi connectivity index (χ3v) is 4.62. The Morgan fingerprint density at radius 2 is 1.90 bits per heavy atom. The molecule has 2 unspecified atom stereocenters. The average molecular weight is 286 g/mol. The molecular formula is C17H22N2O2. The SMILES string of the molecule is CC1(C)CC1N1CCC(=O)NC(Cc2ccccc2)C1=O. The molecule has 0 aromatic heterocycles. The molecule has 4 heteroatoms. The van der Waals surface area contributed by atoms with Crippen LogP contribution in [0.4, 0.5) is 0 Å². The van der Waals surface area contributed by atoms with Crippen molar-refractivity contribution in [1.82, 2.24) is 10.2 Å². The van der Waals surface area contributed by atoms with Crippen LogP contribution in [0.15, 0.2) is 30.3 Å². The van der Waals surface area contributed by atoms with Crippen molar-refractivity contribution >= 4 is 11.8 Å². The molecule has 1 aliphatic carbocycles. The number of hydrogen-bond acceptors (Lipinski definition) is 2. The zero-order chi connectivity index (χ0) is 15.0. The van der Waals surface area contributed by atoms with Crippen LogP contribution in [-0.4, -0.2) is 35.3 Å². The molecule has 4 nitrogen and oxygen atoms in total. The fourth-order valence-corrected chi connectivity index (χ4v) is 3.13. The van der Waals surface area contributed by atoms with E-state index in [2.05, 4.69) is 19.2 Å².